The molecule has 0 bridgehead atoms. The Morgan fingerprint density at radius 2 is 1.82 bits per heavy atom. The molecule has 0 saturated carbocycles. The van der Waals surface area contributed by atoms with Gasteiger partial charge in [-0.25, -0.2) is 9.97 Å². The van der Waals surface area contributed by atoms with Crippen LogP contribution in [0.4, 0.5) is 17.3 Å². The maximum Gasteiger partial charge on any atom is 0.185 e. The number of methoxy groups -OCH3 is 2. The number of nitrogens with two attached hydrogens (primary N) is 1. The summed E-state index contributed by atoms with van der Waals surface area (Å²) in [5.41, 5.74) is 8.05. The minimum absolute atomic E-state index is 0.251. The fourth-order valence-corrected chi connectivity index (χ4v) is 2.90. The molecule has 3 rings (SSSR count). The Labute approximate surface area is 166 Å². The van der Waals surface area contributed by atoms with E-state index in [2.05, 4.69) is 15.3 Å². The first-order chi connectivity index (χ1) is 13.5. The minimum Gasteiger partial charge on any atom is -0.616 e. The van der Waals surface area contributed by atoms with Crippen molar-refractivity contribution in [3.63, 3.8) is 0 Å². The Hall–Kier alpha value is -2.91. The number of nitrogens with zero attached hydrogens (tertiary/aromatic N) is 2. The standard InChI is InChI=1S/C19H22N4O4S/c1-25-12-10-15(17(16(11-12)26-2)27-8-9-28(3)24)23-19-18(20)21-13-6-4-5-7-14(13)22-19/h4-7,10-11H,8-9H2,1-3H3,(H2,20,21)(H,22,23). The number of aromatic nitrogens is 2. The van der Waals surface area contributed by atoms with Crippen LogP contribution >= 0.6 is 0 Å². The maximum atomic E-state index is 11.4. The number of nitrogens with one attached hydrogen (secondary N) is 1. The number of nitrogen functional groups attached to an aromatic ring is 1. The molecule has 0 aliphatic rings. The number of hydrogen-bond donors (Lipinski definition) is 2. The second-order valence-corrected chi connectivity index (χ2v) is 7.46. The van der Waals surface area contributed by atoms with Crippen molar-refractivity contribution in [2.45, 2.75) is 0 Å². The summed E-state index contributed by atoms with van der Waals surface area (Å²) in [7, 11) is 3.09. The van der Waals surface area contributed by atoms with E-state index in [1.54, 1.807) is 25.5 Å². The van der Waals surface area contributed by atoms with Crippen LogP contribution in [0.25, 0.3) is 11.0 Å². The molecule has 3 aromatic rings. The molecule has 28 heavy (non-hydrogen) atoms. The predicted molar refractivity (Wildman–Crippen MR) is 111 cm³/mol. The van der Waals surface area contributed by atoms with Crippen molar-refractivity contribution in [1.82, 2.24) is 9.97 Å². The summed E-state index contributed by atoms with van der Waals surface area (Å²) < 4.78 is 28.0. The van der Waals surface area contributed by atoms with Crippen LogP contribution in [0.5, 0.6) is 17.2 Å². The van der Waals surface area contributed by atoms with Gasteiger partial charge in [0.25, 0.3) is 0 Å². The third-order valence-corrected chi connectivity index (χ3v) is 4.69. The van der Waals surface area contributed by atoms with Crippen LogP contribution in [0.3, 0.4) is 0 Å². The van der Waals surface area contributed by atoms with Crippen molar-refractivity contribution in [2.75, 3.05) is 43.9 Å². The van der Waals surface area contributed by atoms with Gasteiger partial charge in [0, 0.05) is 12.1 Å². The van der Waals surface area contributed by atoms with E-state index in [-0.39, 0.29) is 12.4 Å². The number of benzene rings is 2. The van der Waals surface area contributed by atoms with Gasteiger partial charge >= 0.3 is 0 Å². The molecule has 9 heteroatoms. The van der Waals surface area contributed by atoms with E-state index in [1.165, 1.54) is 7.11 Å². The zero-order valence-corrected chi connectivity index (χ0v) is 16.7. The van der Waals surface area contributed by atoms with Crippen LogP contribution in [0.1, 0.15) is 0 Å². The number of fused-ring (bicyclic) bond motifs is 1. The summed E-state index contributed by atoms with van der Waals surface area (Å²) in [6, 6.07) is 10.9. The average molecular weight is 402 g/mol. The lowest BCUT2D eigenvalue weighted by molar-refractivity contribution is 0.311. The molecule has 0 aliphatic heterocycles. The van der Waals surface area contributed by atoms with E-state index in [4.69, 9.17) is 19.9 Å². The SMILES string of the molecule is COc1cc(Nc2nc3ccccc3nc2N)c(OCC[S+](C)[O-])c(OC)c1. The van der Waals surface area contributed by atoms with Crippen molar-refractivity contribution < 1.29 is 18.8 Å². The lowest BCUT2D eigenvalue weighted by Crippen LogP contribution is -2.13. The molecule has 0 saturated heterocycles. The molecule has 0 radical (unpaired) electrons. The van der Waals surface area contributed by atoms with E-state index < -0.39 is 11.2 Å². The van der Waals surface area contributed by atoms with Crippen LogP contribution in [0.15, 0.2) is 36.4 Å². The topological polar surface area (TPSA) is 115 Å². The van der Waals surface area contributed by atoms with Crippen molar-refractivity contribution in [3.8, 4) is 17.2 Å². The number of para-hydroxylation sites is 2. The van der Waals surface area contributed by atoms with Crippen molar-refractivity contribution in [1.29, 1.82) is 0 Å². The van der Waals surface area contributed by atoms with Crippen LogP contribution in [0, 0.1) is 0 Å². The monoisotopic (exact) mass is 402 g/mol. The Bertz CT molecular complexity index is 968. The van der Waals surface area contributed by atoms with E-state index in [0.717, 1.165) is 0 Å². The average Bonchev–Trinajstić information content (AvgIpc) is 2.68. The molecule has 3 N–H and O–H groups in total. The van der Waals surface area contributed by atoms with Crippen molar-refractivity contribution in [2.24, 2.45) is 0 Å². The van der Waals surface area contributed by atoms with Crippen molar-refractivity contribution >= 4 is 39.5 Å². The molecule has 1 unspecified atom stereocenters. The highest BCUT2D eigenvalue weighted by molar-refractivity contribution is 7.90. The second-order valence-electron chi connectivity index (χ2n) is 5.90. The lowest BCUT2D eigenvalue weighted by atomic mass is 10.2. The molecule has 1 aromatic heterocycles. The van der Waals surface area contributed by atoms with E-state index in [0.29, 0.717) is 45.5 Å². The molecular weight excluding hydrogens is 380 g/mol. The minimum atomic E-state index is -0.971. The van der Waals surface area contributed by atoms with E-state index >= 15 is 0 Å². The van der Waals surface area contributed by atoms with E-state index in [9.17, 15) is 4.55 Å². The van der Waals surface area contributed by atoms with Gasteiger partial charge in [-0.2, -0.15) is 0 Å². The lowest BCUT2D eigenvalue weighted by Gasteiger charge is -2.18. The summed E-state index contributed by atoms with van der Waals surface area (Å²) in [5, 5.41) is 3.16. The molecule has 0 spiro atoms. The Morgan fingerprint density at radius 3 is 2.46 bits per heavy atom. The predicted octanol–water partition coefficient (Wildman–Crippen LogP) is 2.73. The maximum absolute atomic E-state index is 11.4. The fourth-order valence-electron chi connectivity index (χ4n) is 2.58. The third kappa shape index (κ3) is 4.49. The molecule has 8 nitrogen and oxygen atoms in total. The summed E-state index contributed by atoms with van der Waals surface area (Å²) in [4.78, 5) is 8.93. The first kappa shape index (κ1) is 19.8. The molecule has 1 atom stereocenters. The van der Waals surface area contributed by atoms with Crippen LogP contribution < -0.4 is 25.3 Å². The van der Waals surface area contributed by atoms with Crippen molar-refractivity contribution in [3.05, 3.63) is 36.4 Å². The van der Waals surface area contributed by atoms with E-state index in [1.807, 2.05) is 24.3 Å². The number of hydrogen-bond acceptors (Lipinski definition) is 8. The molecule has 1 heterocycles. The normalized spacial score (nSPS) is 11.9. The largest absolute Gasteiger partial charge is 0.616 e. The Balaban J connectivity index is 2.00. The molecule has 2 aromatic carbocycles. The molecule has 0 amide bonds. The third-order valence-electron chi connectivity index (χ3n) is 3.95. The summed E-state index contributed by atoms with van der Waals surface area (Å²) in [6.45, 7) is 0.263. The number of ether oxygens (including phenoxy) is 3. The van der Waals surface area contributed by atoms with Crippen LogP contribution in [-0.2, 0) is 11.2 Å². The smallest absolute Gasteiger partial charge is 0.185 e. The van der Waals surface area contributed by atoms with Crippen LogP contribution in [-0.4, -0.2) is 47.4 Å². The molecular formula is C19H22N4O4S. The highest BCUT2D eigenvalue weighted by atomic mass is 32.2. The zero-order chi connectivity index (χ0) is 20.1. The zero-order valence-electron chi connectivity index (χ0n) is 15.9. The number of rotatable bonds is 8. The van der Waals surface area contributed by atoms with Gasteiger partial charge in [-0.05, 0) is 12.1 Å². The summed E-state index contributed by atoms with van der Waals surface area (Å²) in [5.74, 6) is 2.52. The fraction of sp³-hybridized carbons (Fsp3) is 0.263. The highest BCUT2D eigenvalue weighted by Gasteiger charge is 2.17. The molecule has 0 aliphatic carbocycles. The van der Waals surface area contributed by atoms with Gasteiger partial charge in [0.15, 0.2) is 23.1 Å². The highest BCUT2D eigenvalue weighted by Crippen LogP contribution is 2.41. The van der Waals surface area contributed by atoms with Gasteiger partial charge in [0.2, 0.25) is 0 Å². The number of anilines is 3. The van der Waals surface area contributed by atoms with Gasteiger partial charge in [0.1, 0.15) is 18.1 Å². The van der Waals surface area contributed by atoms with Gasteiger partial charge < -0.3 is 29.8 Å². The van der Waals surface area contributed by atoms with Gasteiger partial charge in [0.05, 0.1) is 37.2 Å². The quantitative estimate of drug-likeness (QED) is 0.553. The van der Waals surface area contributed by atoms with Gasteiger partial charge in [-0.15, -0.1) is 0 Å². The first-order valence-electron chi connectivity index (χ1n) is 8.50. The summed E-state index contributed by atoms with van der Waals surface area (Å²) in [6.07, 6.45) is 1.62. The second kappa shape index (κ2) is 8.85. The first-order valence-corrected chi connectivity index (χ1v) is 10.2. The Morgan fingerprint density at radius 1 is 1.11 bits per heavy atom. The summed E-state index contributed by atoms with van der Waals surface area (Å²) >= 11 is -0.971. The molecule has 0 fully saturated rings. The van der Waals surface area contributed by atoms with Gasteiger partial charge in [-0.3, -0.25) is 0 Å². The Kier molecular flexibility index (Phi) is 6.27. The van der Waals surface area contributed by atoms with Gasteiger partial charge in [-0.1, -0.05) is 23.3 Å². The van der Waals surface area contributed by atoms with Crippen LogP contribution in [0.2, 0.25) is 0 Å². The molecule has 148 valence electrons.